The summed E-state index contributed by atoms with van der Waals surface area (Å²) >= 11 is 0. The van der Waals surface area contributed by atoms with Gasteiger partial charge in [0.2, 0.25) is 0 Å². The molecule has 1 atom stereocenters. The van der Waals surface area contributed by atoms with Crippen molar-refractivity contribution in [1.29, 1.82) is 0 Å². The molecule has 0 saturated carbocycles. The molecule has 0 radical (unpaired) electrons. The third-order valence-electron chi connectivity index (χ3n) is 6.95. The lowest BCUT2D eigenvalue weighted by molar-refractivity contribution is -0.136. The molecule has 6 nitrogen and oxygen atoms in total. The number of methoxy groups -OCH3 is 1. The largest absolute Gasteiger partial charge is 0.508 e. The van der Waals surface area contributed by atoms with Gasteiger partial charge in [-0.05, 0) is 48.2 Å². The molecule has 0 heterocycles. The molecule has 0 unspecified atom stereocenters. The Morgan fingerprint density at radius 2 is 1.55 bits per heavy atom. The molecule has 0 fully saturated rings. The molecule has 0 bridgehead atoms. The molecule has 4 aromatic carbocycles. The molecule has 0 spiro atoms. The zero-order chi connectivity index (χ0) is 28.3. The zero-order valence-corrected chi connectivity index (χ0v) is 23.1. The van der Waals surface area contributed by atoms with Crippen molar-refractivity contribution in [2.45, 2.75) is 38.3 Å². The van der Waals surface area contributed by atoms with E-state index < -0.39 is 5.97 Å². The van der Waals surface area contributed by atoms with Gasteiger partial charge in [0.15, 0.2) is 0 Å². The molecule has 0 aromatic heterocycles. The van der Waals surface area contributed by atoms with Gasteiger partial charge < -0.3 is 19.7 Å². The van der Waals surface area contributed by atoms with Gasteiger partial charge >= 0.3 is 5.97 Å². The van der Waals surface area contributed by atoms with Crippen LogP contribution in [-0.2, 0) is 17.8 Å². The number of phenolic OH excluding ortho intramolecular Hbond substituents is 1. The first-order chi connectivity index (χ1) is 19.4. The number of benzene rings is 4. The fraction of sp³-hybridized carbons (Fsp3) is 0.265. The highest BCUT2D eigenvalue weighted by molar-refractivity contribution is 5.70. The lowest BCUT2D eigenvalue weighted by Gasteiger charge is -2.30. The van der Waals surface area contributed by atoms with Crippen LogP contribution >= 0.6 is 0 Å². The van der Waals surface area contributed by atoms with Crippen molar-refractivity contribution >= 4 is 5.97 Å². The van der Waals surface area contributed by atoms with E-state index in [4.69, 9.17) is 14.6 Å². The van der Waals surface area contributed by atoms with Crippen molar-refractivity contribution in [1.82, 2.24) is 4.90 Å². The number of hydrogen-bond donors (Lipinski definition) is 2. The van der Waals surface area contributed by atoms with Gasteiger partial charge in [-0.15, -0.1) is 0 Å². The average Bonchev–Trinajstić information content (AvgIpc) is 2.96. The van der Waals surface area contributed by atoms with Crippen molar-refractivity contribution in [3.05, 3.63) is 125 Å². The third kappa shape index (κ3) is 8.35. The van der Waals surface area contributed by atoms with Crippen LogP contribution in [0.15, 0.2) is 103 Å². The molecule has 0 aliphatic carbocycles. The summed E-state index contributed by atoms with van der Waals surface area (Å²) in [6.07, 6.45) is 0.643. The average molecular weight is 540 g/mol. The molecule has 2 N–H and O–H groups in total. The number of rotatable bonds is 14. The highest BCUT2D eigenvalue weighted by atomic mass is 16.5. The number of hydrogen-bond acceptors (Lipinski definition) is 5. The summed E-state index contributed by atoms with van der Waals surface area (Å²) in [5.74, 6) is 0.794. The first-order valence-corrected chi connectivity index (χ1v) is 13.6. The number of ether oxygens (including phenoxy) is 2. The Labute approximate surface area is 236 Å². The fourth-order valence-corrected chi connectivity index (χ4v) is 4.93. The van der Waals surface area contributed by atoms with Crippen molar-refractivity contribution in [3.63, 3.8) is 0 Å². The maximum Gasteiger partial charge on any atom is 0.307 e. The Bertz CT molecular complexity index is 1320. The van der Waals surface area contributed by atoms with Gasteiger partial charge in [-0.3, -0.25) is 9.69 Å². The standard InChI is InChI=1S/C34H37NO5/c1-25(40-31-15-9-10-26(20-31)21-34(37)38)18-19-35(23-29-16-17-30(36)22-33(29)39-2)24-32(27-11-5-3-6-12-27)28-13-7-4-8-14-28/h3-17,20,22,25,32,36H,18-19,21,23-24H2,1-2H3,(H,37,38)/t25-/m1/s1. The number of phenols is 1. The van der Waals surface area contributed by atoms with E-state index in [0.717, 1.165) is 25.1 Å². The number of nitrogens with zero attached hydrogens (tertiary/aromatic N) is 1. The van der Waals surface area contributed by atoms with Crippen LogP contribution in [0.1, 0.15) is 41.5 Å². The van der Waals surface area contributed by atoms with Crippen LogP contribution in [0, 0.1) is 0 Å². The molecular formula is C34H37NO5. The Hall–Kier alpha value is -4.29. The summed E-state index contributed by atoms with van der Waals surface area (Å²) in [7, 11) is 1.62. The fourth-order valence-electron chi connectivity index (χ4n) is 4.93. The normalized spacial score (nSPS) is 11.9. The Morgan fingerprint density at radius 1 is 0.875 bits per heavy atom. The van der Waals surface area contributed by atoms with Crippen LogP contribution in [-0.4, -0.2) is 47.4 Å². The van der Waals surface area contributed by atoms with Crippen molar-refractivity contribution in [2.75, 3.05) is 20.2 Å². The van der Waals surface area contributed by atoms with E-state index >= 15 is 0 Å². The minimum Gasteiger partial charge on any atom is -0.508 e. The number of aliphatic carboxylic acids is 1. The van der Waals surface area contributed by atoms with Crippen LogP contribution in [0.4, 0.5) is 0 Å². The first kappa shape index (κ1) is 28.7. The Balaban J connectivity index is 1.54. The Morgan fingerprint density at radius 3 is 2.17 bits per heavy atom. The Kier molecular flexibility index (Phi) is 10.2. The number of carboxylic acids is 1. The molecule has 0 aliphatic heterocycles. The second-order valence-corrected chi connectivity index (χ2v) is 10.0. The molecule has 4 aromatic rings. The lowest BCUT2D eigenvalue weighted by Crippen LogP contribution is -2.32. The van der Waals surface area contributed by atoms with Gasteiger partial charge in [-0.1, -0.05) is 78.9 Å². The van der Waals surface area contributed by atoms with Gasteiger partial charge in [-0.2, -0.15) is 0 Å². The van der Waals surface area contributed by atoms with Crippen LogP contribution in [0.2, 0.25) is 0 Å². The second-order valence-electron chi connectivity index (χ2n) is 10.0. The third-order valence-corrected chi connectivity index (χ3v) is 6.95. The van der Waals surface area contributed by atoms with Gasteiger partial charge in [0, 0.05) is 37.2 Å². The van der Waals surface area contributed by atoms with E-state index in [0.29, 0.717) is 23.6 Å². The minimum atomic E-state index is -0.864. The molecular weight excluding hydrogens is 502 g/mol. The summed E-state index contributed by atoms with van der Waals surface area (Å²) in [6.45, 7) is 4.21. The van der Waals surface area contributed by atoms with Crippen molar-refractivity contribution < 1.29 is 24.5 Å². The summed E-state index contributed by atoms with van der Waals surface area (Å²) < 4.78 is 11.8. The molecule has 0 aliphatic rings. The number of aromatic hydroxyl groups is 1. The van der Waals surface area contributed by atoms with Gasteiger partial charge in [-0.25, -0.2) is 0 Å². The van der Waals surface area contributed by atoms with Gasteiger partial charge in [0.05, 0.1) is 19.6 Å². The molecule has 40 heavy (non-hydrogen) atoms. The summed E-state index contributed by atoms with van der Waals surface area (Å²) in [6, 6.07) is 33.6. The van der Waals surface area contributed by atoms with Crippen molar-refractivity contribution in [3.8, 4) is 17.2 Å². The first-order valence-electron chi connectivity index (χ1n) is 13.6. The van der Waals surface area contributed by atoms with Crippen LogP contribution in [0.25, 0.3) is 0 Å². The van der Waals surface area contributed by atoms with Gasteiger partial charge in [0.1, 0.15) is 17.2 Å². The van der Waals surface area contributed by atoms with E-state index in [1.807, 2.05) is 37.3 Å². The predicted octanol–water partition coefficient (Wildman–Crippen LogP) is 6.52. The van der Waals surface area contributed by atoms with E-state index in [9.17, 15) is 9.90 Å². The quantitative estimate of drug-likeness (QED) is 0.190. The number of carboxylic acid groups (broad SMARTS) is 1. The highest BCUT2D eigenvalue weighted by Crippen LogP contribution is 2.29. The van der Waals surface area contributed by atoms with Crippen LogP contribution in [0.3, 0.4) is 0 Å². The van der Waals surface area contributed by atoms with E-state index in [-0.39, 0.29) is 24.2 Å². The number of carbonyl (C=O) groups is 1. The van der Waals surface area contributed by atoms with Crippen LogP contribution in [0.5, 0.6) is 17.2 Å². The summed E-state index contributed by atoms with van der Waals surface area (Å²) in [5, 5.41) is 19.1. The maximum atomic E-state index is 11.1. The molecule has 6 heteroatoms. The molecule has 4 rings (SSSR count). The maximum absolute atomic E-state index is 11.1. The van der Waals surface area contributed by atoms with Crippen molar-refractivity contribution in [2.24, 2.45) is 0 Å². The summed E-state index contributed by atoms with van der Waals surface area (Å²) in [5.41, 5.74) is 4.20. The van der Waals surface area contributed by atoms with E-state index in [1.54, 1.807) is 31.4 Å². The highest BCUT2D eigenvalue weighted by Gasteiger charge is 2.21. The summed E-state index contributed by atoms with van der Waals surface area (Å²) in [4.78, 5) is 13.5. The topological polar surface area (TPSA) is 79.2 Å². The smallest absolute Gasteiger partial charge is 0.307 e. The molecule has 0 amide bonds. The molecule has 0 saturated heterocycles. The van der Waals surface area contributed by atoms with E-state index in [2.05, 4.69) is 53.4 Å². The predicted molar refractivity (Wildman–Crippen MR) is 157 cm³/mol. The van der Waals surface area contributed by atoms with E-state index in [1.165, 1.54) is 11.1 Å². The zero-order valence-electron chi connectivity index (χ0n) is 23.1. The lowest BCUT2D eigenvalue weighted by atomic mass is 9.90. The monoisotopic (exact) mass is 539 g/mol. The van der Waals surface area contributed by atoms with Crippen LogP contribution < -0.4 is 9.47 Å². The SMILES string of the molecule is COc1cc(O)ccc1CN(CC[C@@H](C)Oc1cccc(CC(=O)O)c1)CC(c1ccccc1)c1ccccc1. The van der Waals surface area contributed by atoms with Gasteiger partial charge in [0.25, 0.3) is 0 Å². The second kappa shape index (κ2) is 14.2. The minimum absolute atomic E-state index is 0.0335. The molecule has 208 valence electrons.